The molecule has 190 valence electrons. The monoisotopic (exact) mass is 522 g/mol. The third kappa shape index (κ3) is 2.62. The number of imidazole rings is 1. The number of aromatic amines is 1. The highest BCUT2D eigenvalue weighted by molar-refractivity contribution is 6.31. The molecule has 0 bridgehead atoms. The Morgan fingerprint density at radius 1 is 0.463 bits per heavy atom. The molecule has 0 amide bonds. The van der Waals surface area contributed by atoms with Crippen LogP contribution in [0, 0.1) is 0 Å². The first-order valence-corrected chi connectivity index (χ1v) is 14.0. The second-order valence-corrected chi connectivity index (χ2v) is 10.9. The summed E-state index contributed by atoms with van der Waals surface area (Å²) in [5.41, 5.74) is 10.1. The van der Waals surface area contributed by atoms with Gasteiger partial charge in [0, 0.05) is 43.7 Å². The van der Waals surface area contributed by atoms with Gasteiger partial charge in [-0.05, 0) is 47.9 Å². The van der Waals surface area contributed by atoms with E-state index in [9.17, 15) is 0 Å². The van der Waals surface area contributed by atoms with Crippen LogP contribution < -0.4 is 0 Å². The smallest absolute Gasteiger partial charge is 0.148 e. The standard InChI is InChI=1S/C37H22N4/c1-2-10-22(11-3-1)40-31-16-8-5-12-23(31)25-19-18-24-26-20-21-30-33(27-13-4-6-14-28(27)38-30)35(26)41-32-17-9-7-15-29(32)39-37(41)34(24)36(25)40/h1-21,38H. The molecule has 1 N–H and O–H groups in total. The summed E-state index contributed by atoms with van der Waals surface area (Å²) in [5.74, 6) is 0. The molecular weight excluding hydrogens is 500 g/mol. The molecule has 4 aromatic heterocycles. The summed E-state index contributed by atoms with van der Waals surface area (Å²) in [6, 6.07) is 45.7. The zero-order valence-electron chi connectivity index (χ0n) is 22.0. The lowest BCUT2D eigenvalue weighted by molar-refractivity contribution is 1.18. The molecule has 0 spiro atoms. The lowest BCUT2D eigenvalue weighted by Gasteiger charge is -2.14. The summed E-state index contributed by atoms with van der Waals surface area (Å²) in [6.07, 6.45) is 0. The van der Waals surface area contributed by atoms with Gasteiger partial charge in [0.1, 0.15) is 5.65 Å². The number of aromatic nitrogens is 4. The molecular formula is C37H22N4. The molecule has 0 aliphatic heterocycles. The number of nitrogens with one attached hydrogen (secondary N) is 1. The topological polar surface area (TPSA) is 38.0 Å². The Kier molecular flexibility index (Phi) is 3.90. The van der Waals surface area contributed by atoms with Crippen molar-refractivity contribution < 1.29 is 0 Å². The number of H-pyrrole nitrogens is 1. The van der Waals surface area contributed by atoms with Crippen LogP contribution >= 0.6 is 0 Å². The van der Waals surface area contributed by atoms with Crippen LogP contribution in [0.15, 0.2) is 127 Å². The van der Waals surface area contributed by atoms with E-state index in [0.717, 1.165) is 33.4 Å². The van der Waals surface area contributed by atoms with E-state index in [2.05, 4.69) is 141 Å². The van der Waals surface area contributed by atoms with Gasteiger partial charge < -0.3 is 9.55 Å². The maximum Gasteiger partial charge on any atom is 0.148 e. The van der Waals surface area contributed by atoms with Gasteiger partial charge in [-0.1, -0.05) is 84.9 Å². The van der Waals surface area contributed by atoms with Crippen LogP contribution in [0.3, 0.4) is 0 Å². The van der Waals surface area contributed by atoms with Gasteiger partial charge in [-0.25, -0.2) is 4.98 Å². The quantitative estimate of drug-likeness (QED) is 0.214. The molecule has 0 aliphatic rings. The molecule has 0 fully saturated rings. The molecule has 0 aliphatic carbocycles. The second-order valence-electron chi connectivity index (χ2n) is 10.9. The highest BCUT2D eigenvalue weighted by Gasteiger charge is 2.22. The Bertz CT molecular complexity index is 2690. The number of benzene rings is 6. The number of rotatable bonds is 1. The van der Waals surface area contributed by atoms with Crippen molar-refractivity contribution in [1.29, 1.82) is 0 Å². The van der Waals surface area contributed by atoms with Crippen molar-refractivity contribution in [1.82, 2.24) is 18.9 Å². The molecule has 0 atom stereocenters. The van der Waals surface area contributed by atoms with Crippen LogP contribution in [0.25, 0.3) is 87.7 Å². The molecule has 4 heteroatoms. The van der Waals surface area contributed by atoms with E-state index in [0.29, 0.717) is 0 Å². The van der Waals surface area contributed by atoms with E-state index in [4.69, 9.17) is 4.98 Å². The molecule has 4 heterocycles. The summed E-state index contributed by atoms with van der Waals surface area (Å²) in [7, 11) is 0. The van der Waals surface area contributed by atoms with E-state index >= 15 is 0 Å². The van der Waals surface area contributed by atoms with Gasteiger partial charge in [-0.3, -0.25) is 4.40 Å². The number of hydrogen-bond donors (Lipinski definition) is 1. The minimum absolute atomic E-state index is 0.983. The summed E-state index contributed by atoms with van der Waals surface area (Å²) in [4.78, 5) is 9.02. The molecule has 10 aromatic rings. The number of nitrogens with zero attached hydrogens (tertiary/aromatic N) is 3. The van der Waals surface area contributed by atoms with E-state index in [1.165, 1.54) is 54.3 Å². The predicted octanol–water partition coefficient (Wildman–Crippen LogP) is 9.53. The fraction of sp³-hybridized carbons (Fsp3) is 0. The zero-order valence-corrected chi connectivity index (χ0v) is 22.0. The lowest BCUT2D eigenvalue weighted by atomic mass is 10.00. The molecule has 0 unspecified atom stereocenters. The molecule has 4 nitrogen and oxygen atoms in total. The maximum atomic E-state index is 5.36. The van der Waals surface area contributed by atoms with E-state index in [-0.39, 0.29) is 0 Å². The summed E-state index contributed by atoms with van der Waals surface area (Å²) in [6.45, 7) is 0. The van der Waals surface area contributed by atoms with Crippen molar-refractivity contribution in [3.8, 4) is 5.69 Å². The van der Waals surface area contributed by atoms with Gasteiger partial charge >= 0.3 is 0 Å². The van der Waals surface area contributed by atoms with Crippen molar-refractivity contribution in [2.24, 2.45) is 0 Å². The minimum Gasteiger partial charge on any atom is -0.354 e. The molecule has 10 rings (SSSR count). The second kappa shape index (κ2) is 7.52. The Balaban J connectivity index is 1.57. The van der Waals surface area contributed by atoms with Gasteiger partial charge in [0.2, 0.25) is 0 Å². The average Bonchev–Trinajstić information content (AvgIpc) is 3.71. The van der Waals surface area contributed by atoms with Gasteiger partial charge in [0.15, 0.2) is 0 Å². The molecule has 0 saturated carbocycles. The Morgan fingerprint density at radius 2 is 1.15 bits per heavy atom. The summed E-state index contributed by atoms with van der Waals surface area (Å²) >= 11 is 0. The van der Waals surface area contributed by atoms with Crippen LogP contribution in [-0.2, 0) is 0 Å². The largest absolute Gasteiger partial charge is 0.354 e. The number of hydrogen-bond acceptors (Lipinski definition) is 1. The van der Waals surface area contributed by atoms with Gasteiger partial charge in [-0.15, -0.1) is 0 Å². The highest BCUT2D eigenvalue weighted by Crippen LogP contribution is 2.43. The third-order valence-corrected chi connectivity index (χ3v) is 8.79. The van der Waals surface area contributed by atoms with Crippen molar-refractivity contribution in [3.63, 3.8) is 0 Å². The Hall–Kier alpha value is -5.61. The van der Waals surface area contributed by atoms with Crippen LogP contribution in [0.1, 0.15) is 0 Å². The Labute approximate surface area is 233 Å². The van der Waals surface area contributed by atoms with Crippen molar-refractivity contribution in [2.45, 2.75) is 0 Å². The predicted molar refractivity (Wildman–Crippen MR) is 171 cm³/mol. The maximum absolute atomic E-state index is 5.36. The van der Waals surface area contributed by atoms with Gasteiger partial charge in [-0.2, -0.15) is 0 Å². The number of fused-ring (bicyclic) bond motifs is 16. The van der Waals surface area contributed by atoms with Crippen molar-refractivity contribution in [2.75, 3.05) is 0 Å². The molecule has 41 heavy (non-hydrogen) atoms. The average molecular weight is 523 g/mol. The normalized spacial score (nSPS) is 12.4. The SMILES string of the molecule is c1ccc(-n2c3ccccc3c3ccc4c5ccc6[nH]c7ccccc7c6c5n5c6ccccc6nc5c4c32)cc1. The van der Waals surface area contributed by atoms with E-state index in [1.54, 1.807) is 0 Å². The van der Waals surface area contributed by atoms with E-state index < -0.39 is 0 Å². The fourth-order valence-electron chi connectivity index (χ4n) is 7.15. The minimum atomic E-state index is 0.983. The first-order chi connectivity index (χ1) is 20.4. The Morgan fingerprint density at radius 3 is 2.05 bits per heavy atom. The third-order valence-electron chi connectivity index (χ3n) is 8.79. The molecule has 6 aromatic carbocycles. The van der Waals surface area contributed by atoms with Crippen molar-refractivity contribution >= 4 is 82.0 Å². The van der Waals surface area contributed by atoms with Crippen molar-refractivity contribution in [3.05, 3.63) is 127 Å². The number of para-hydroxylation sites is 5. The molecule has 0 radical (unpaired) electrons. The lowest BCUT2D eigenvalue weighted by Crippen LogP contribution is -1.97. The summed E-state index contributed by atoms with van der Waals surface area (Å²) < 4.78 is 4.82. The fourth-order valence-corrected chi connectivity index (χ4v) is 7.15. The van der Waals surface area contributed by atoms with Gasteiger partial charge in [0.05, 0.1) is 33.0 Å². The van der Waals surface area contributed by atoms with Crippen LogP contribution in [0.4, 0.5) is 0 Å². The van der Waals surface area contributed by atoms with Crippen LogP contribution in [-0.4, -0.2) is 18.9 Å². The molecule has 0 saturated heterocycles. The van der Waals surface area contributed by atoms with Crippen LogP contribution in [0.2, 0.25) is 0 Å². The number of pyridine rings is 1. The van der Waals surface area contributed by atoms with Crippen LogP contribution in [0.5, 0.6) is 0 Å². The first-order valence-electron chi connectivity index (χ1n) is 14.0. The summed E-state index contributed by atoms with van der Waals surface area (Å²) in [5, 5.41) is 8.54. The highest BCUT2D eigenvalue weighted by atomic mass is 15.0. The zero-order chi connectivity index (χ0) is 26.7. The van der Waals surface area contributed by atoms with E-state index in [1.807, 2.05) is 0 Å². The van der Waals surface area contributed by atoms with Gasteiger partial charge in [0.25, 0.3) is 0 Å². The first kappa shape index (κ1) is 21.2.